The van der Waals surface area contributed by atoms with E-state index in [1.807, 2.05) is 0 Å². The van der Waals surface area contributed by atoms with Crippen LogP contribution >= 0.6 is 0 Å². The van der Waals surface area contributed by atoms with Crippen molar-refractivity contribution in [3.8, 4) is 0 Å². The molecule has 0 spiro atoms. The molecule has 0 radical (unpaired) electrons. The third-order valence-electron chi connectivity index (χ3n) is 3.43. The Kier molecular flexibility index (Phi) is 3.63. The van der Waals surface area contributed by atoms with E-state index in [1.54, 1.807) is 11.8 Å². The van der Waals surface area contributed by atoms with Gasteiger partial charge in [0.1, 0.15) is 5.69 Å². The number of nitrogens with two attached hydrogens (primary N) is 1. The number of carbonyl (C=O) groups is 1. The van der Waals surface area contributed by atoms with Gasteiger partial charge < -0.3 is 15.7 Å². The summed E-state index contributed by atoms with van der Waals surface area (Å²) < 4.78 is 0. The molecule has 108 valence electrons. The fourth-order valence-corrected chi connectivity index (χ4v) is 2.43. The maximum Gasteiger partial charge on any atom is 0.292 e. The molecular formula is C13H17N3O4. The molecule has 1 aromatic carbocycles. The van der Waals surface area contributed by atoms with E-state index in [4.69, 9.17) is 5.73 Å². The monoisotopic (exact) mass is 279 g/mol. The number of amides is 1. The van der Waals surface area contributed by atoms with E-state index >= 15 is 0 Å². The molecular weight excluding hydrogens is 262 g/mol. The number of nitrogen functional groups attached to an aromatic ring is 1. The van der Waals surface area contributed by atoms with Gasteiger partial charge in [0.15, 0.2) is 0 Å². The molecule has 1 aliphatic rings. The molecule has 1 fully saturated rings. The SMILES string of the molecule is CC1(O)CCCN(C(=O)c2ccc([N+](=O)[O-])c(N)c2)C1. The van der Waals surface area contributed by atoms with Crippen molar-refractivity contribution in [3.05, 3.63) is 33.9 Å². The normalized spacial score (nSPS) is 22.6. The van der Waals surface area contributed by atoms with E-state index in [0.717, 1.165) is 6.42 Å². The van der Waals surface area contributed by atoms with Crippen molar-refractivity contribution in [1.82, 2.24) is 4.90 Å². The van der Waals surface area contributed by atoms with Gasteiger partial charge >= 0.3 is 0 Å². The zero-order valence-corrected chi connectivity index (χ0v) is 11.2. The molecule has 1 aliphatic heterocycles. The largest absolute Gasteiger partial charge is 0.393 e. The number of likely N-dealkylation sites (tertiary alicyclic amines) is 1. The van der Waals surface area contributed by atoms with Gasteiger partial charge in [-0.15, -0.1) is 0 Å². The van der Waals surface area contributed by atoms with Gasteiger partial charge in [-0.1, -0.05) is 0 Å². The summed E-state index contributed by atoms with van der Waals surface area (Å²) in [5.74, 6) is -0.272. The number of carbonyl (C=O) groups excluding carboxylic acids is 1. The van der Waals surface area contributed by atoms with Crippen molar-refractivity contribution in [2.75, 3.05) is 18.8 Å². The molecule has 1 amide bonds. The summed E-state index contributed by atoms with van der Waals surface area (Å²) in [5, 5.41) is 20.7. The number of aliphatic hydroxyl groups is 1. The Hall–Kier alpha value is -2.15. The van der Waals surface area contributed by atoms with Gasteiger partial charge in [-0.2, -0.15) is 0 Å². The third kappa shape index (κ3) is 2.88. The van der Waals surface area contributed by atoms with Gasteiger partial charge in [0, 0.05) is 24.7 Å². The van der Waals surface area contributed by atoms with Crippen molar-refractivity contribution in [2.45, 2.75) is 25.4 Å². The number of β-amino-alcohol motifs (C(OH)–C–C–N with tert-alkyl or cyclic N) is 1. The van der Waals surface area contributed by atoms with Crippen molar-refractivity contribution in [3.63, 3.8) is 0 Å². The number of hydrogen-bond acceptors (Lipinski definition) is 5. The Morgan fingerprint density at radius 1 is 1.55 bits per heavy atom. The van der Waals surface area contributed by atoms with Gasteiger partial charge in [-0.3, -0.25) is 14.9 Å². The number of nitro benzene ring substituents is 1. The lowest BCUT2D eigenvalue weighted by Gasteiger charge is -2.36. The average molecular weight is 279 g/mol. The summed E-state index contributed by atoms with van der Waals surface area (Å²) >= 11 is 0. The van der Waals surface area contributed by atoms with E-state index in [9.17, 15) is 20.0 Å². The number of benzene rings is 1. The maximum absolute atomic E-state index is 12.3. The van der Waals surface area contributed by atoms with Crippen molar-refractivity contribution in [2.24, 2.45) is 0 Å². The topological polar surface area (TPSA) is 110 Å². The fraction of sp³-hybridized carbons (Fsp3) is 0.462. The smallest absolute Gasteiger partial charge is 0.292 e. The van der Waals surface area contributed by atoms with Gasteiger partial charge in [0.05, 0.1) is 10.5 Å². The highest BCUT2D eigenvalue weighted by atomic mass is 16.6. The molecule has 1 saturated heterocycles. The van der Waals surface area contributed by atoms with Crippen LogP contribution in [0.1, 0.15) is 30.1 Å². The number of piperidine rings is 1. The summed E-state index contributed by atoms with van der Waals surface area (Å²) in [7, 11) is 0. The third-order valence-corrected chi connectivity index (χ3v) is 3.43. The Morgan fingerprint density at radius 2 is 2.25 bits per heavy atom. The average Bonchev–Trinajstić information content (AvgIpc) is 2.36. The first-order valence-electron chi connectivity index (χ1n) is 6.36. The lowest BCUT2D eigenvalue weighted by molar-refractivity contribution is -0.383. The van der Waals surface area contributed by atoms with Crippen LogP contribution in [0.15, 0.2) is 18.2 Å². The van der Waals surface area contributed by atoms with Crippen molar-refractivity contribution in [1.29, 1.82) is 0 Å². The first-order chi connectivity index (χ1) is 9.30. The van der Waals surface area contributed by atoms with E-state index in [-0.39, 0.29) is 23.8 Å². The first-order valence-corrected chi connectivity index (χ1v) is 6.36. The molecule has 0 saturated carbocycles. The van der Waals surface area contributed by atoms with Crippen LogP contribution in [0.25, 0.3) is 0 Å². The molecule has 0 aliphatic carbocycles. The highest BCUT2D eigenvalue weighted by molar-refractivity contribution is 5.95. The van der Waals surface area contributed by atoms with Crippen LogP contribution in [0.2, 0.25) is 0 Å². The number of nitrogens with zero attached hydrogens (tertiary/aromatic N) is 2. The van der Waals surface area contributed by atoms with Crippen LogP contribution < -0.4 is 5.73 Å². The molecule has 0 aromatic heterocycles. The second-order valence-electron chi connectivity index (χ2n) is 5.36. The van der Waals surface area contributed by atoms with Crippen molar-refractivity contribution >= 4 is 17.3 Å². The van der Waals surface area contributed by atoms with Crippen LogP contribution in [-0.2, 0) is 0 Å². The van der Waals surface area contributed by atoms with Crippen LogP contribution in [-0.4, -0.2) is 39.5 Å². The lowest BCUT2D eigenvalue weighted by atomic mass is 9.94. The Morgan fingerprint density at radius 3 is 2.80 bits per heavy atom. The predicted octanol–water partition coefficient (Wildman–Crippen LogP) is 1.16. The summed E-state index contributed by atoms with van der Waals surface area (Å²) in [6.45, 7) is 2.51. The number of rotatable bonds is 2. The molecule has 20 heavy (non-hydrogen) atoms. The quantitative estimate of drug-likeness (QED) is 0.479. The lowest BCUT2D eigenvalue weighted by Crippen LogP contribution is -2.48. The number of hydrogen-bond donors (Lipinski definition) is 2. The van der Waals surface area contributed by atoms with Crippen LogP contribution in [0.4, 0.5) is 11.4 Å². The molecule has 1 unspecified atom stereocenters. The summed E-state index contributed by atoms with van der Waals surface area (Å²) in [6, 6.07) is 3.93. The molecule has 0 bridgehead atoms. The fourth-order valence-electron chi connectivity index (χ4n) is 2.43. The molecule has 1 aromatic rings. The minimum atomic E-state index is -0.889. The molecule has 3 N–H and O–H groups in total. The van der Waals surface area contributed by atoms with Gasteiger partial charge in [0.25, 0.3) is 11.6 Å². The molecule has 2 rings (SSSR count). The van der Waals surface area contributed by atoms with E-state index < -0.39 is 10.5 Å². The van der Waals surface area contributed by atoms with E-state index in [2.05, 4.69) is 0 Å². The number of anilines is 1. The Balaban J connectivity index is 2.21. The van der Waals surface area contributed by atoms with E-state index in [0.29, 0.717) is 18.5 Å². The standard InChI is InChI=1S/C13H17N3O4/c1-13(18)5-2-6-15(8-13)12(17)9-3-4-11(16(19)20)10(14)7-9/h3-4,7,18H,2,5-6,8,14H2,1H3. The summed E-state index contributed by atoms with van der Waals surface area (Å²) in [4.78, 5) is 24.0. The highest BCUT2D eigenvalue weighted by Crippen LogP contribution is 2.25. The van der Waals surface area contributed by atoms with Gasteiger partial charge in [-0.05, 0) is 31.9 Å². The first kappa shape index (κ1) is 14.3. The maximum atomic E-state index is 12.3. The zero-order chi connectivity index (χ0) is 14.9. The Bertz CT molecular complexity index is 557. The minimum absolute atomic E-state index is 0.0374. The molecule has 7 heteroatoms. The van der Waals surface area contributed by atoms with E-state index in [1.165, 1.54) is 18.2 Å². The molecule has 1 atom stereocenters. The second kappa shape index (κ2) is 5.09. The summed E-state index contributed by atoms with van der Waals surface area (Å²) in [6.07, 6.45) is 1.38. The summed E-state index contributed by atoms with van der Waals surface area (Å²) in [5.41, 5.74) is 4.74. The molecule has 7 nitrogen and oxygen atoms in total. The second-order valence-corrected chi connectivity index (χ2v) is 5.36. The number of nitro groups is 1. The Labute approximate surface area is 116 Å². The predicted molar refractivity (Wildman–Crippen MR) is 73.3 cm³/mol. The van der Waals surface area contributed by atoms with Crippen LogP contribution in [0, 0.1) is 10.1 Å². The van der Waals surface area contributed by atoms with Gasteiger partial charge in [-0.25, -0.2) is 0 Å². The highest BCUT2D eigenvalue weighted by Gasteiger charge is 2.31. The van der Waals surface area contributed by atoms with Crippen molar-refractivity contribution < 1.29 is 14.8 Å². The zero-order valence-electron chi connectivity index (χ0n) is 11.2. The minimum Gasteiger partial charge on any atom is -0.393 e. The van der Waals surface area contributed by atoms with Gasteiger partial charge in [0.2, 0.25) is 0 Å². The van der Waals surface area contributed by atoms with Crippen LogP contribution in [0.5, 0.6) is 0 Å². The van der Waals surface area contributed by atoms with Crippen LogP contribution in [0.3, 0.4) is 0 Å². The molecule has 1 heterocycles.